The van der Waals surface area contributed by atoms with Gasteiger partial charge in [-0.1, -0.05) is 0 Å². The smallest absolute Gasteiger partial charge is 0.240 e. The second-order valence-electron chi connectivity index (χ2n) is 4.64. The van der Waals surface area contributed by atoms with Gasteiger partial charge in [0.25, 0.3) is 0 Å². The van der Waals surface area contributed by atoms with Crippen molar-refractivity contribution in [2.45, 2.75) is 23.8 Å². The highest BCUT2D eigenvalue weighted by Gasteiger charge is 2.20. The fourth-order valence-electron chi connectivity index (χ4n) is 2.05. The van der Waals surface area contributed by atoms with Crippen LogP contribution in [0.15, 0.2) is 23.1 Å². The van der Waals surface area contributed by atoms with E-state index >= 15 is 0 Å². The quantitative estimate of drug-likeness (QED) is 0.565. The van der Waals surface area contributed by atoms with Crippen LogP contribution in [0.25, 0.3) is 0 Å². The van der Waals surface area contributed by atoms with Gasteiger partial charge in [-0.2, -0.15) is 0 Å². The molecule has 110 valence electrons. The van der Waals surface area contributed by atoms with Crippen molar-refractivity contribution < 1.29 is 13.2 Å². The van der Waals surface area contributed by atoms with Crippen molar-refractivity contribution in [3.63, 3.8) is 0 Å². The van der Waals surface area contributed by atoms with Crippen molar-refractivity contribution in [3.05, 3.63) is 18.2 Å². The number of hydrogen-bond acceptors (Lipinski definition) is 5. The summed E-state index contributed by atoms with van der Waals surface area (Å²) in [5, 5.41) is 5.96. The molecular formula is C12H18N4O3S. The number of carbonyl (C=O) groups excluding carboxylic acids is 1. The zero-order valence-corrected chi connectivity index (χ0v) is 12.0. The zero-order chi connectivity index (χ0) is 14.8. The topological polar surface area (TPSA) is 113 Å². The summed E-state index contributed by atoms with van der Waals surface area (Å²) in [4.78, 5) is 11.2. The van der Waals surface area contributed by atoms with Crippen LogP contribution in [0.4, 0.5) is 11.4 Å². The number of benzene rings is 1. The SMILES string of the molecule is CNS(=O)(=O)c1ccc(NCC2CCC(=O)N2)c(N)c1. The Morgan fingerprint density at radius 2 is 2.20 bits per heavy atom. The molecule has 5 N–H and O–H groups in total. The van der Waals surface area contributed by atoms with Crippen LogP contribution in [-0.4, -0.2) is 34.0 Å². The molecular weight excluding hydrogens is 280 g/mol. The highest BCUT2D eigenvalue weighted by atomic mass is 32.2. The van der Waals surface area contributed by atoms with Crippen molar-refractivity contribution >= 4 is 27.3 Å². The Balaban J connectivity index is 2.05. The Kier molecular flexibility index (Phi) is 4.15. The summed E-state index contributed by atoms with van der Waals surface area (Å²) >= 11 is 0. The number of rotatable bonds is 5. The third kappa shape index (κ3) is 3.20. The van der Waals surface area contributed by atoms with E-state index in [0.717, 1.165) is 6.42 Å². The Labute approximate surface area is 118 Å². The lowest BCUT2D eigenvalue weighted by Crippen LogP contribution is -2.32. The van der Waals surface area contributed by atoms with E-state index in [1.54, 1.807) is 6.07 Å². The summed E-state index contributed by atoms with van der Waals surface area (Å²) in [5.41, 5.74) is 6.85. The lowest BCUT2D eigenvalue weighted by Gasteiger charge is -2.14. The Hall–Kier alpha value is -1.80. The van der Waals surface area contributed by atoms with Gasteiger partial charge in [-0.15, -0.1) is 0 Å². The number of sulfonamides is 1. The molecule has 0 saturated carbocycles. The van der Waals surface area contributed by atoms with Crippen LogP contribution in [0, 0.1) is 0 Å². The second-order valence-corrected chi connectivity index (χ2v) is 6.53. The highest BCUT2D eigenvalue weighted by Crippen LogP contribution is 2.22. The van der Waals surface area contributed by atoms with Crippen LogP contribution in [0.5, 0.6) is 0 Å². The summed E-state index contributed by atoms with van der Waals surface area (Å²) < 4.78 is 25.5. The Bertz CT molecular complexity index is 615. The normalized spacial score (nSPS) is 18.9. The first-order valence-corrected chi connectivity index (χ1v) is 7.77. The van der Waals surface area contributed by atoms with Crippen molar-refractivity contribution in [2.24, 2.45) is 0 Å². The van der Waals surface area contributed by atoms with Crippen LogP contribution in [-0.2, 0) is 14.8 Å². The number of nitrogen functional groups attached to an aromatic ring is 1. The fourth-order valence-corrected chi connectivity index (χ4v) is 2.82. The number of hydrogen-bond donors (Lipinski definition) is 4. The minimum absolute atomic E-state index is 0.0558. The largest absolute Gasteiger partial charge is 0.397 e. The molecule has 1 unspecified atom stereocenters. The molecule has 0 aromatic heterocycles. The molecule has 1 aliphatic heterocycles. The number of anilines is 2. The van der Waals surface area contributed by atoms with Crippen LogP contribution >= 0.6 is 0 Å². The number of nitrogens with one attached hydrogen (secondary N) is 3. The second kappa shape index (κ2) is 5.68. The molecule has 20 heavy (non-hydrogen) atoms. The van der Waals surface area contributed by atoms with E-state index in [-0.39, 0.29) is 16.8 Å². The van der Waals surface area contributed by atoms with Crippen LogP contribution in [0.2, 0.25) is 0 Å². The van der Waals surface area contributed by atoms with E-state index in [2.05, 4.69) is 15.4 Å². The predicted molar refractivity (Wildman–Crippen MR) is 76.8 cm³/mol. The molecule has 1 aliphatic rings. The monoisotopic (exact) mass is 298 g/mol. The van der Waals surface area contributed by atoms with Gasteiger partial charge in [0.05, 0.1) is 16.3 Å². The number of carbonyl (C=O) groups is 1. The van der Waals surface area contributed by atoms with E-state index in [9.17, 15) is 13.2 Å². The van der Waals surface area contributed by atoms with E-state index < -0.39 is 10.0 Å². The third-order valence-corrected chi connectivity index (χ3v) is 4.64. The van der Waals surface area contributed by atoms with Gasteiger partial charge in [-0.05, 0) is 31.7 Å². The maximum Gasteiger partial charge on any atom is 0.240 e. The van der Waals surface area contributed by atoms with E-state index in [1.165, 1.54) is 19.2 Å². The lowest BCUT2D eigenvalue weighted by molar-refractivity contribution is -0.119. The molecule has 0 radical (unpaired) electrons. The van der Waals surface area contributed by atoms with Crippen molar-refractivity contribution in [1.82, 2.24) is 10.0 Å². The van der Waals surface area contributed by atoms with E-state index in [0.29, 0.717) is 24.3 Å². The summed E-state index contributed by atoms with van der Waals surface area (Å²) in [6, 6.07) is 4.60. The maximum atomic E-state index is 11.6. The molecule has 1 aromatic rings. The third-order valence-electron chi connectivity index (χ3n) is 3.23. The Morgan fingerprint density at radius 3 is 2.75 bits per heavy atom. The maximum absolute atomic E-state index is 11.6. The van der Waals surface area contributed by atoms with Crippen LogP contribution < -0.4 is 21.1 Å². The van der Waals surface area contributed by atoms with Gasteiger partial charge in [0, 0.05) is 19.0 Å². The average molecular weight is 298 g/mol. The van der Waals surface area contributed by atoms with Gasteiger partial charge in [0.2, 0.25) is 15.9 Å². The summed E-state index contributed by atoms with van der Waals surface area (Å²) in [6.07, 6.45) is 1.33. The minimum Gasteiger partial charge on any atom is -0.397 e. The average Bonchev–Trinajstić information content (AvgIpc) is 2.83. The molecule has 8 heteroatoms. The molecule has 7 nitrogen and oxygen atoms in total. The minimum atomic E-state index is -3.49. The molecule has 0 spiro atoms. The summed E-state index contributed by atoms with van der Waals surface area (Å²) in [6.45, 7) is 0.564. The van der Waals surface area contributed by atoms with Crippen LogP contribution in [0.3, 0.4) is 0 Å². The first kappa shape index (κ1) is 14.6. The van der Waals surface area contributed by atoms with Crippen molar-refractivity contribution in [3.8, 4) is 0 Å². The molecule has 1 aromatic carbocycles. The van der Waals surface area contributed by atoms with Gasteiger partial charge in [0.15, 0.2) is 0 Å². The molecule has 1 fully saturated rings. The molecule has 1 heterocycles. The van der Waals surface area contributed by atoms with Crippen molar-refractivity contribution in [1.29, 1.82) is 0 Å². The first-order valence-electron chi connectivity index (χ1n) is 6.28. The Morgan fingerprint density at radius 1 is 1.45 bits per heavy atom. The summed E-state index contributed by atoms with van der Waals surface area (Å²) in [7, 11) is -2.14. The predicted octanol–water partition coefficient (Wildman–Crippen LogP) is -0.133. The fraction of sp³-hybridized carbons (Fsp3) is 0.417. The van der Waals surface area contributed by atoms with Gasteiger partial charge in [0.1, 0.15) is 0 Å². The standard InChI is InChI=1S/C12H18N4O3S/c1-14-20(18,19)9-3-4-11(10(13)6-9)15-7-8-2-5-12(17)16-8/h3-4,6,8,14-15H,2,5,7,13H2,1H3,(H,16,17). The molecule has 0 bridgehead atoms. The zero-order valence-electron chi connectivity index (χ0n) is 11.1. The van der Waals surface area contributed by atoms with Crippen LogP contribution in [0.1, 0.15) is 12.8 Å². The van der Waals surface area contributed by atoms with Gasteiger partial charge in [-0.25, -0.2) is 13.1 Å². The molecule has 1 amide bonds. The lowest BCUT2D eigenvalue weighted by atomic mass is 10.2. The number of nitrogens with two attached hydrogens (primary N) is 1. The molecule has 1 atom stereocenters. The van der Waals surface area contributed by atoms with Crippen molar-refractivity contribution in [2.75, 3.05) is 24.6 Å². The van der Waals surface area contributed by atoms with E-state index in [1.807, 2.05) is 0 Å². The number of amides is 1. The van der Waals surface area contributed by atoms with E-state index in [4.69, 9.17) is 5.73 Å². The molecule has 2 rings (SSSR count). The molecule has 0 aliphatic carbocycles. The highest BCUT2D eigenvalue weighted by molar-refractivity contribution is 7.89. The van der Waals surface area contributed by atoms with Gasteiger partial charge < -0.3 is 16.4 Å². The first-order chi connectivity index (χ1) is 9.42. The summed E-state index contributed by atoms with van der Waals surface area (Å²) in [5.74, 6) is 0.0558. The molecule has 1 saturated heterocycles. The van der Waals surface area contributed by atoms with Gasteiger partial charge >= 0.3 is 0 Å². The van der Waals surface area contributed by atoms with Gasteiger partial charge in [-0.3, -0.25) is 4.79 Å².